The molecule has 3 aromatic rings. The Morgan fingerprint density at radius 2 is 1.83 bits per heavy atom. The van der Waals surface area contributed by atoms with Crippen LogP contribution in [0.25, 0.3) is 22.5 Å². The molecule has 3 rings (SSSR count). The predicted molar refractivity (Wildman–Crippen MR) is 111 cm³/mol. The summed E-state index contributed by atoms with van der Waals surface area (Å²) in [7, 11) is 1.52. The van der Waals surface area contributed by atoms with Crippen LogP contribution in [0, 0.1) is 0 Å². The fourth-order valence-corrected chi connectivity index (χ4v) is 3.14. The molecule has 0 saturated carbocycles. The van der Waals surface area contributed by atoms with Crippen LogP contribution in [-0.4, -0.2) is 45.0 Å². The summed E-state index contributed by atoms with van der Waals surface area (Å²) in [6.07, 6.45) is 0. The summed E-state index contributed by atoms with van der Waals surface area (Å²) >= 11 is 1.04. The number of aliphatic carboxylic acids is 1. The summed E-state index contributed by atoms with van der Waals surface area (Å²) in [6, 6.07) is 13.1. The Labute approximate surface area is 170 Å². The third-order valence-electron chi connectivity index (χ3n) is 3.75. The molecule has 9 nitrogen and oxygen atoms in total. The van der Waals surface area contributed by atoms with E-state index in [9.17, 15) is 9.59 Å². The van der Waals surface area contributed by atoms with Crippen LogP contribution in [0.1, 0.15) is 6.92 Å². The van der Waals surface area contributed by atoms with E-state index in [0.29, 0.717) is 22.4 Å². The van der Waals surface area contributed by atoms with E-state index in [2.05, 4.69) is 26.0 Å². The van der Waals surface area contributed by atoms with E-state index in [4.69, 9.17) is 9.94 Å². The summed E-state index contributed by atoms with van der Waals surface area (Å²) in [6.45, 7) is 1.46. The molecular formula is C19H19N5O4S. The Morgan fingerprint density at radius 1 is 1.10 bits per heavy atom. The van der Waals surface area contributed by atoms with Crippen molar-refractivity contribution >= 4 is 35.0 Å². The van der Waals surface area contributed by atoms with Gasteiger partial charge in [-0.05, 0) is 41.5 Å². The fourth-order valence-electron chi connectivity index (χ4n) is 2.62. The summed E-state index contributed by atoms with van der Waals surface area (Å²) in [4.78, 5) is 31.3. The van der Waals surface area contributed by atoms with Gasteiger partial charge in [-0.1, -0.05) is 23.9 Å². The number of aromatic amines is 1. The molecule has 0 aliphatic rings. The molecule has 1 aromatic heterocycles. The number of thioether (sulfide) groups is 1. The number of hydrogen-bond acceptors (Lipinski definition) is 7. The van der Waals surface area contributed by atoms with Crippen LogP contribution >= 0.6 is 11.8 Å². The smallest absolute Gasteiger partial charge is 0.313 e. The van der Waals surface area contributed by atoms with E-state index < -0.39 is 5.97 Å². The lowest BCUT2D eigenvalue weighted by Crippen LogP contribution is -2.05. The Morgan fingerprint density at radius 3 is 2.48 bits per heavy atom. The van der Waals surface area contributed by atoms with E-state index in [0.717, 1.165) is 28.5 Å². The molecule has 0 atom stereocenters. The van der Waals surface area contributed by atoms with Crippen LogP contribution in [0.5, 0.6) is 0 Å². The second-order valence-electron chi connectivity index (χ2n) is 6.01. The second kappa shape index (κ2) is 9.22. The SMILES string of the molecule is CONc1cc(-c2ccc(NC(C)=O)cc2)cc(-c2nc(SCC(=O)O)n[nH]2)c1. The van der Waals surface area contributed by atoms with E-state index in [1.807, 2.05) is 42.5 Å². The zero-order valence-corrected chi connectivity index (χ0v) is 16.5. The number of hydrogen-bond donors (Lipinski definition) is 4. The number of carbonyl (C=O) groups is 2. The molecule has 0 radical (unpaired) electrons. The maximum atomic E-state index is 11.2. The topological polar surface area (TPSA) is 129 Å². The summed E-state index contributed by atoms with van der Waals surface area (Å²) in [5.41, 5.74) is 6.81. The van der Waals surface area contributed by atoms with Crippen LogP contribution in [0.4, 0.5) is 11.4 Å². The maximum absolute atomic E-state index is 11.2. The van der Waals surface area contributed by atoms with Gasteiger partial charge in [-0.3, -0.25) is 25.0 Å². The van der Waals surface area contributed by atoms with Gasteiger partial charge in [0, 0.05) is 18.2 Å². The minimum absolute atomic E-state index is 0.117. The van der Waals surface area contributed by atoms with Gasteiger partial charge >= 0.3 is 5.97 Å². The lowest BCUT2D eigenvalue weighted by atomic mass is 10.0. The molecule has 29 heavy (non-hydrogen) atoms. The third kappa shape index (κ3) is 5.56. The standard InChI is InChI=1S/C19H19N5O4S/c1-11(25)20-15-5-3-12(4-6-15)13-7-14(9-16(8-13)24-28-2)18-21-19(23-22-18)29-10-17(26)27/h3-9,24H,10H2,1-2H3,(H,20,25)(H,26,27)(H,21,22,23). The number of amides is 1. The van der Waals surface area contributed by atoms with Gasteiger partial charge in [0.2, 0.25) is 11.1 Å². The number of aromatic nitrogens is 3. The average Bonchev–Trinajstić information content (AvgIpc) is 3.16. The zero-order valence-electron chi connectivity index (χ0n) is 15.7. The van der Waals surface area contributed by atoms with Crippen LogP contribution in [0.15, 0.2) is 47.6 Å². The van der Waals surface area contributed by atoms with Crippen molar-refractivity contribution in [1.29, 1.82) is 0 Å². The number of benzene rings is 2. The highest BCUT2D eigenvalue weighted by Gasteiger charge is 2.11. The van der Waals surface area contributed by atoms with Crippen LogP contribution in [0.2, 0.25) is 0 Å². The number of anilines is 2. The number of H-pyrrole nitrogens is 1. The van der Waals surface area contributed by atoms with Gasteiger partial charge in [0.25, 0.3) is 0 Å². The van der Waals surface area contributed by atoms with Gasteiger partial charge in [0.15, 0.2) is 5.82 Å². The molecule has 10 heteroatoms. The largest absolute Gasteiger partial charge is 0.481 e. The van der Waals surface area contributed by atoms with Gasteiger partial charge in [-0.25, -0.2) is 4.98 Å². The summed E-state index contributed by atoms with van der Waals surface area (Å²) in [5.74, 6) is -0.673. The van der Waals surface area contributed by atoms with Crippen molar-refractivity contribution < 1.29 is 19.5 Å². The van der Waals surface area contributed by atoms with Crippen molar-refractivity contribution in [2.24, 2.45) is 0 Å². The Balaban J connectivity index is 1.92. The zero-order chi connectivity index (χ0) is 20.8. The van der Waals surface area contributed by atoms with Gasteiger partial charge in [0.05, 0.1) is 18.6 Å². The lowest BCUT2D eigenvalue weighted by Gasteiger charge is -2.10. The van der Waals surface area contributed by atoms with Crippen molar-refractivity contribution in [3.05, 3.63) is 42.5 Å². The van der Waals surface area contributed by atoms with Crippen molar-refractivity contribution in [1.82, 2.24) is 15.2 Å². The molecule has 4 N–H and O–H groups in total. The number of rotatable bonds is 8. The highest BCUT2D eigenvalue weighted by Crippen LogP contribution is 2.30. The number of carboxylic acid groups (broad SMARTS) is 1. The number of nitrogens with zero attached hydrogens (tertiary/aromatic N) is 2. The monoisotopic (exact) mass is 413 g/mol. The van der Waals surface area contributed by atoms with Gasteiger partial charge < -0.3 is 10.4 Å². The van der Waals surface area contributed by atoms with E-state index >= 15 is 0 Å². The number of carboxylic acids is 1. The van der Waals surface area contributed by atoms with Crippen LogP contribution in [-0.2, 0) is 14.4 Å². The van der Waals surface area contributed by atoms with Crippen LogP contribution in [0.3, 0.4) is 0 Å². The first kappa shape index (κ1) is 20.4. The maximum Gasteiger partial charge on any atom is 0.313 e. The normalized spacial score (nSPS) is 10.6. The first-order valence-corrected chi connectivity index (χ1v) is 9.52. The first-order valence-electron chi connectivity index (χ1n) is 8.54. The number of carbonyl (C=O) groups excluding carboxylic acids is 1. The third-order valence-corrected chi connectivity index (χ3v) is 4.59. The minimum Gasteiger partial charge on any atom is -0.481 e. The first-order chi connectivity index (χ1) is 13.9. The fraction of sp³-hybridized carbons (Fsp3) is 0.158. The van der Waals surface area contributed by atoms with E-state index in [1.54, 1.807) is 0 Å². The van der Waals surface area contributed by atoms with E-state index in [-0.39, 0.29) is 11.7 Å². The van der Waals surface area contributed by atoms with Crippen molar-refractivity contribution in [3.63, 3.8) is 0 Å². The molecular weight excluding hydrogens is 394 g/mol. The van der Waals surface area contributed by atoms with E-state index in [1.165, 1.54) is 14.0 Å². The molecule has 0 aliphatic carbocycles. The second-order valence-corrected chi connectivity index (χ2v) is 6.96. The molecule has 1 heterocycles. The Bertz CT molecular complexity index is 1020. The molecule has 1 amide bonds. The molecule has 0 aliphatic heterocycles. The highest BCUT2D eigenvalue weighted by atomic mass is 32.2. The van der Waals surface area contributed by atoms with Gasteiger partial charge in [-0.15, -0.1) is 5.10 Å². The Kier molecular flexibility index (Phi) is 6.47. The lowest BCUT2D eigenvalue weighted by molar-refractivity contribution is -0.133. The minimum atomic E-state index is -0.933. The van der Waals surface area contributed by atoms with Crippen LogP contribution < -0.4 is 10.8 Å². The van der Waals surface area contributed by atoms with Crippen molar-refractivity contribution in [2.75, 3.05) is 23.7 Å². The summed E-state index contributed by atoms with van der Waals surface area (Å²) < 4.78 is 0. The van der Waals surface area contributed by atoms with Crippen molar-refractivity contribution in [2.45, 2.75) is 12.1 Å². The molecule has 0 bridgehead atoms. The molecule has 2 aromatic carbocycles. The quantitative estimate of drug-likeness (QED) is 0.327. The highest BCUT2D eigenvalue weighted by molar-refractivity contribution is 7.99. The predicted octanol–water partition coefficient (Wildman–Crippen LogP) is 3.25. The van der Waals surface area contributed by atoms with Gasteiger partial charge in [-0.2, -0.15) is 0 Å². The number of nitrogens with one attached hydrogen (secondary N) is 3. The molecule has 0 spiro atoms. The van der Waals surface area contributed by atoms with Crippen molar-refractivity contribution in [3.8, 4) is 22.5 Å². The summed E-state index contributed by atoms with van der Waals surface area (Å²) in [5, 5.41) is 18.8. The molecule has 0 fully saturated rings. The molecule has 0 unspecified atom stereocenters. The van der Waals surface area contributed by atoms with Gasteiger partial charge in [0.1, 0.15) is 0 Å². The average molecular weight is 413 g/mol. The molecule has 150 valence electrons. The Hall–Kier alpha value is -3.37. The molecule has 0 saturated heterocycles.